The number of nitrogens with one attached hydrogen (secondary N) is 1. The highest BCUT2D eigenvalue weighted by Gasteiger charge is 2.36. The number of rotatable bonds is 5. The molecule has 1 fully saturated rings. The standard InChI is InChI=1S/C26H28N4O3S/c1-17-6-8-18(9-7-17)24(31)28-26-27-23-21(10-11-22(23)34-26)25(32)30-14-12-29(13-15-30)19-4-3-5-20(16-19)33-2/h3-9,16,21H,10-15H2,1-2H3,(H,27,28,31). The predicted molar refractivity (Wildman–Crippen MR) is 134 cm³/mol. The normalized spacial score (nSPS) is 17.4. The first-order chi connectivity index (χ1) is 16.5. The SMILES string of the molecule is COc1cccc(N2CCN(C(=O)C3CCc4sc(NC(=O)c5ccc(C)cc5)nc43)CC2)c1. The van der Waals surface area contributed by atoms with Crippen molar-refractivity contribution in [3.05, 3.63) is 70.2 Å². The maximum Gasteiger partial charge on any atom is 0.257 e. The van der Waals surface area contributed by atoms with E-state index in [2.05, 4.69) is 21.3 Å². The summed E-state index contributed by atoms with van der Waals surface area (Å²) in [6.07, 6.45) is 1.61. The van der Waals surface area contributed by atoms with E-state index >= 15 is 0 Å². The number of hydrogen-bond acceptors (Lipinski definition) is 6. The van der Waals surface area contributed by atoms with Crippen LogP contribution in [-0.2, 0) is 11.2 Å². The first-order valence-electron chi connectivity index (χ1n) is 11.6. The molecule has 34 heavy (non-hydrogen) atoms. The van der Waals surface area contributed by atoms with Crippen LogP contribution in [0.5, 0.6) is 5.75 Å². The van der Waals surface area contributed by atoms with Gasteiger partial charge in [-0.05, 0) is 44.0 Å². The van der Waals surface area contributed by atoms with Crippen LogP contribution in [0.15, 0.2) is 48.5 Å². The van der Waals surface area contributed by atoms with Gasteiger partial charge >= 0.3 is 0 Å². The summed E-state index contributed by atoms with van der Waals surface area (Å²) in [6, 6.07) is 15.5. The molecule has 176 valence electrons. The third-order valence-corrected chi connectivity index (χ3v) is 7.61. The van der Waals surface area contributed by atoms with E-state index in [4.69, 9.17) is 4.74 Å². The van der Waals surface area contributed by atoms with Gasteiger partial charge in [0.05, 0.1) is 18.7 Å². The minimum atomic E-state index is -0.223. The molecule has 1 aliphatic heterocycles. The van der Waals surface area contributed by atoms with Gasteiger partial charge in [0.15, 0.2) is 5.13 Å². The number of thiazole rings is 1. The zero-order valence-corrected chi connectivity index (χ0v) is 20.2. The molecule has 0 radical (unpaired) electrons. The average molecular weight is 477 g/mol. The zero-order valence-electron chi connectivity index (χ0n) is 19.4. The predicted octanol–water partition coefficient (Wildman–Crippen LogP) is 4.09. The minimum Gasteiger partial charge on any atom is -0.497 e. The van der Waals surface area contributed by atoms with Crippen molar-refractivity contribution in [3.8, 4) is 5.75 Å². The fraction of sp³-hybridized carbons (Fsp3) is 0.346. The van der Waals surface area contributed by atoms with Crippen LogP contribution in [0, 0.1) is 6.92 Å². The molecule has 0 spiro atoms. The number of ether oxygens (including phenoxy) is 1. The zero-order chi connectivity index (χ0) is 23.7. The van der Waals surface area contributed by atoms with Crippen molar-refractivity contribution in [2.45, 2.75) is 25.7 Å². The number of amides is 2. The van der Waals surface area contributed by atoms with E-state index in [1.807, 2.05) is 54.3 Å². The number of aryl methyl sites for hydroxylation is 2. The Morgan fingerprint density at radius 1 is 1.09 bits per heavy atom. The third kappa shape index (κ3) is 4.50. The van der Waals surface area contributed by atoms with E-state index in [-0.39, 0.29) is 17.7 Å². The molecule has 1 unspecified atom stereocenters. The Morgan fingerprint density at radius 2 is 1.85 bits per heavy atom. The average Bonchev–Trinajstić information content (AvgIpc) is 3.44. The monoisotopic (exact) mass is 476 g/mol. The molecular formula is C26H28N4O3S. The Hall–Kier alpha value is -3.39. The number of fused-ring (bicyclic) bond motifs is 1. The van der Waals surface area contributed by atoms with Crippen molar-refractivity contribution < 1.29 is 14.3 Å². The fourth-order valence-electron chi connectivity index (χ4n) is 4.61. The maximum atomic E-state index is 13.4. The summed E-state index contributed by atoms with van der Waals surface area (Å²) >= 11 is 1.48. The van der Waals surface area contributed by atoms with E-state index in [1.54, 1.807) is 7.11 Å². The van der Waals surface area contributed by atoms with E-state index in [0.29, 0.717) is 23.8 Å². The summed E-state index contributed by atoms with van der Waals surface area (Å²) in [4.78, 5) is 35.9. The molecule has 5 rings (SSSR count). The molecule has 1 aromatic heterocycles. The van der Waals surface area contributed by atoms with Crippen LogP contribution in [-0.4, -0.2) is 55.0 Å². The maximum absolute atomic E-state index is 13.4. The quantitative estimate of drug-likeness (QED) is 0.600. The number of carbonyl (C=O) groups excluding carboxylic acids is 2. The van der Waals surface area contributed by atoms with Crippen LogP contribution in [0.3, 0.4) is 0 Å². The number of hydrogen-bond donors (Lipinski definition) is 1. The lowest BCUT2D eigenvalue weighted by molar-refractivity contribution is -0.133. The molecule has 1 aliphatic carbocycles. The Bertz CT molecular complexity index is 1200. The second kappa shape index (κ2) is 9.46. The summed E-state index contributed by atoms with van der Waals surface area (Å²) in [5.41, 5.74) is 3.66. The number of benzene rings is 2. The molecule has 3 aromatic rings. The smallest absolute Gasteiger partial charge is 0.257 e. The van der Waals surface area contributed by atoms with Crippen LogP contribution in [0.2, 0.25) is 0 Å². The summed E-state index contributed by atoms with van der Waals surface area (Å²) in [5, 5.41) is 3.47. The van der Waals surface area contributed by atoms with Crippen molar-refractivity contribution in [3.63, 3.8) is 0 Å². The van der Waals surface area contributed by atoms with Gasteiger partial charge in [-0.2, -0.15) is 0 Å². The summed E-state index contributed by atoms with van der Waals surface area (Å²) in [5.74, 6) is 0.581. The minimum absolute atomic E-state index is 0.144. The highest BCUT2D eigenvalue weighted by Crippen LogP contribution is 2.39. The highest BCUT2D eigenvalue weighted by atomic mass is 32.1. The lowest BCUT2D eigenvalue weighted by Crippen LogP contribution is -2.50. The summed E-state index contributed by atoms with van der Waals surface area (Å²) in [7, 11) is 1.67. The van der Waals surface area contributed by atoms with Crippen LogP contribution in [0.1, 0.15) is 38.8 Å². The number of methoxy groups -OCH3 is 1. The third-order valence-electron chi connectivity index (χ3n) is 6.56. The van der Waals surface area contributed by atoms with Gasteiger partial charge in [-0.15, -0.1) is 11.3 Å². The molecule has 2 heterocycles. The van der Waals surface area contributed by atoms with E-state index in [1.165, 1.54) is 11.3 Å². The van der Waals surface area contributed by atoms with Crippen molar-refractivity contribution in [1.29, 1.82) is 0 Å². The summed E-state index contributed by atoms with van der Waals surface area (Å²) < 4.78 is 5.34. The van der Waals surface area contributed by atoms with E-state index in [9.17, 15) is 9.59 Å². The van der Waals surface area contributed by atoms with Crippen LogP contribution < -0.4 is 15.0 Å². The van der Waals surface area contributed by atoms with Gasteiger partial charge in [-0.1, -0.05) is 23.8 Å². The first-order valence-corrected chi connectivity index (χ1v) is 12.4. The van der Waals surface area contributed by atoms with Crippen molar-refractivity contribution in [1.82, 2.24) is 9.88 Å². The van der Waals surface area contributed by atoms with Gasteiger partial charge < -0.3 is 14.5 Å². The summed E-state index contributed by atoms with van der Waals surface area (Å²) in [6.45, 7) is 4.93. The molecule has 1 saturated heterocycles. The Balaban J connectivity index is 1.22. The highest BCUT2D eigenvalue weighted by molar-refractivity contribution is 7.16. The lowest BCUT2D eigenvalue weighted by atomic mass is 10.1. The Morgan fingerprint density at radius 3 is 2.59 bits per heavy atom. The topological polar surface area (TPSA) is 74.8 Å². The molecule has 2 amide bonds. The number of carbonyl (C=O) groups is 2. The molecular weight excluding hydrogens is 448 g/mol. The van der Waals surface area contributed by atoms with Gasteiger partial charge in [0.2, 0.25) is 5.91 Å². The van der Waals surface area contributed by atoms with Crippen LogP contribution >= 0.6 is 11.3 Å². The lowest BCUT2D eigenvalue weighted by Gasteiger charge is -2.37. The van der Waals surface area contributed by atoms with Gasteiger partial charge in [0, 0.05) is 48.4 Å². The number of anilines is 2. The van der Waals surface area contributed by atoms with Crippen molar-refractivity contribution >= 4 is 34.0 Å². The van der Waals surface area contributed by atoms with Gasteiger partial charge in [0.25, 0.3) is 5.91 Å². The molecule has 2 aromatic carbocycles. The van der Waals surface area contributed by atoms with Gasteiger partial charge in [-0.25, -0.2) is 4.98 Å². The number of piperazine rings is 1. The first kappa shape index (κ1) is 22.4. The van der Waals surface area contributed by atoms with E-state index in [0.717, 1.165) is 53.5 Å². The van der Waals surface area contributed by atoms with Crippen molar-refractivity contribution in [2.75, 3.05) is 43.5 Å². The van der Waals surface area contributed by atoms with Crippen LogP contribution in [0.25, 0.3) is 0 Å². The van der Waals surface area contributed by atoms with Crippen LogP contribution in [0.4, 0.5) is 10.8 Å². The molecule has 7 nitrogen and oxygen atoms in total. The molecule has 1 atom stereocenters. The Labute approximate surface area is 203 Å². The number of aromatic nitrogens is 1. The largest absolute Gasteiger partial charge is 0.497 e. The number of nitrogens with zero attached hydrogens (tertiary/aromatic N) is 3. The second-order valence-corrected chi connectivity index (χ2v) is 9.84. The second-order valence-electron chi connectivity index (χ2n) is 8.75. The molecule has 2 aliphatic rings. The molecule has 8 heteroatoms. The fourth-order valence-corrected chi connectivity index (χ4v) is 5.64. The Kier molecular flexibility index (Phi) is 6.24. The van der Waals surface area contributed by atoms with E-state index < -0.39 is 0 Å². The van der Waals surface area contributed by atoms with Gasteiger partial charge in [0.1, 0.15) is 5.75 Å². The van der Waals surface area contributed by atoms with Crippen molar-refractivity contribution in [2.24, 2.45) is 0 Å². The molecule has 1 N–H and O–H groups in total. The van der Waals surface area contributed by atoms with Gasteiger partial charge in [-0.3, -0.25) is 14.9 Å². The molecule has 0 saturated carbocycles. The molecule has 0 bridgehead atoms.